The number of rotatable bonds is 10. The van der Waals surface area contributed by atoms with E-state index in [0.29, 0.717) is 38.9 Å². The van der Waals surface area contributed by atoms with Gasteiger partial charge in [-0.25, -0.2) is 5.43 Å². The highest BCUT2D eigenvalue weighted by atomic mass is 79.9. The SMILES string of the molecule is C=CCOc1c(Cl)cc(/C=N/NC(=O)c2ccc(COc3ccc(-n4c(C)ccc4C)cc3)o2)cc1Br. The summed E-state index contributed by atoms with van der Waals surface area (Å²) in [6.45, 7) is 8.27. The number of aryl methyl sites for hydroxylation is 2. The maximum Gasteiger partial charge on any atom is 0.307 e. The van der Waals surface area contributed by atoms with Crippen molar-refractivity contribution in [3.05, 3.63) is 111 Å². The molecule has 0 radical (unpaired) electrons. The molecule has 190 valence electrons. The summed E-state index contributed by atoms with van der Waals surface area (Å²) in [6.07, 6.45) is 3.10. The number of hydrogen-bond acceptors (Lipinski definition) is 5. The van der Waals surface area contributed by atoms with Gasteiger partial charge in [0.1, 0.15) is 24.7 Å². The fraction of sp³-hybridized carbons (Fsp3) is 0.143. The number of hydrogen-bond donors (Lipinski definition) is 1. The molecule has 9 heteroatoms. The fourth-order valence-corrected chi connectivity index (χ4v) is 4.64. The van der Waals surface area contributed by atoms with Crippen molar-refractivity contribution in [2.24, 2.45) is 5.10 Å². The maximum absolute atomic E-state index is 12.4. The highest BCUT2D eigenvalue weighted by Crippen LogP contribution is 2.34. The molecule has 2 aromatic carbocycles. The van der Waals surface area contributed by atoms with E-state index in [4.69, 9.17) is 25.5 Å². The predicted octanol–water partition coefficient (Wildman–Crippen LogP) is 7.01. The molecule has 2 heterocycles. The van der Waals surface area contributed by atoms with Gasteiger partial charge < -0.3 is 18.5 Å². The minimum Gasteiger partial charge on any atom is -0.487 e. The van der Waals surface area contributed by atoms with E-state index in [1.165, 1.54) is 17.6 Å². The van der Waals surface area contributed by atoms with Crippen LogP contribution >= 0.6 is 27.5 Å². The second-order valence-corrected chi connectivity index (χ2v) is 9.37. The van der Waals surface area contributed by atoms with Gasteiger partial charge in [0.05, 0.1) is 15.7 Å². The van der Waals surface area contributed by atoms with Gasteiger partial charge >= 0.3 is 5.91 Å². The van der Waals surface area contributed by atoms with E-state index in [-0.39, 0.29) is 12.4 Å². The zero-order valence-electron chi connectivity index (χ0n) is 20.3. The summed E-state index contributed by atoms with van der Waals surface area (Å²) in [6, 6.07) is 18.7. The number of carbonyl (C=O) groups is 1. The Morgan fingerprint density at radius 3 is 2.51 bits per heavy atom. The molecule has 0 bridgehead atoms. The number of nitrogens with one attached hydrogen (secondary N) is 1. The average molecular weight is 583 g/mol. The lowest BCUT2D eigenvalue weighted by Gasteiger charge is -2.10. The normalized spacial score (nSPS) is 11.0. The maximum atomic E-state index is 12.4. The second kappa shape index (κ2) is 12.0. The standard InChI is InChI=1S/C28H25BrClN3O4/c1-4-13-35-27-24(29)14-20(15-25(27)30)16-31-32-28(34)26-12-11-23(37-26)17-36-22-9-7-21(8-10-22)33-18(2)5-6-19(33)3/h4-12,14-16H,1,13,17H2,2-3H3,(H,32,34)/b31-16+. The topological polar surface area (TPSA) is 78.0 Å². The molecule has 4 aromatic rings. The molecule has 0 saturated heterocycles. The van der Waals surface area contributed by atoms with E-state index >= 15 is 0 Å². The van der Waals surface area contributed by atoms with Gasteiger partial charge in [-0.1, -0.05) is 24.3 Å². The third-order valence-electron chi connectivity index (χ3n) is 5.38. The summed E-state index contributed by atoms with van der Waals surface area (Å²) < 4.78 is 19.8. The summed E-state index contributed by atoms with van der Waals surface area (Å²) in [4.78, 5) is 12.4. The Morgan fingerprint density at radius 1 is 1.11 bits per heavy atom. The Labute approximate surface area is 228 Å². The molecular weight excluding hydrogens is 558 g/mol. The number of hydrazone groups is 1. The summed E-state index contributed by atoms with van der Waals surface area (Å²) in [5, 5.41) is 4.39. The van der Waals surface area contributed by atoms with E-state index < -0.39 is 5.91 Å². The Bertz CT molecular complexity index is 1400. The van der Waals surface area contributed by atoms with E-state index in [0.717, 1.165) is 5.69 Å². The Balaban J connectivity index is 1.31. The van der Waals surface area contributed by atoms with Crippen LogP contribution in [0.25, 0.3) is 5.69 Å². The minimum absolute atomic E-state index is 0.122. The van der Waals surface area contributed by atoms with E-state index in [1.807, 2.05) is 24.3 Å². The van der Waals surface area contributed by atoms with Crippen molar-refractivity contribution in [1.29, 1.82) is 0 Å². The fourth-order valence-electron chi connectivity index (χ4n) is 3.65. The molecule has 1 amide bonds. The van der Waals surface area contributed by atoms with Crippen LogP contribution in [0.3, 0.4) is 0 Å². The van der Waals surface area contributed by atoms with Crippen molar-refractivity contribution in [1.82, 2.24) is 9.99 Å². The van der Waals surface area contributed by atoms with Gasteiger partial charge in [0.2, 0.25) is 0 Å². The third-order valence-corrected chi connectivity index (χ3v) is 6.25. The molecule has 0 aliphatic rings. The zero-order chi connectivity index (χ0) is 26.4. The van der Waals surface area contributed by atoms with Crippen molar-refractivity contribution >= 4 is 39.7 Å². The van der Waals surface area contributed by atoms with Gasteiger partial charge in [-0.2, -0.15) is 5.10 Å². The van der Waals surface area contributed by atoms with Crippen LogP contribution in [0.2, 0.25) is 5.02 Å². The predicted molar refractivity (Wildman–Crippen MR) is 148 cm³/mol. The molecule has 1 N–H and O–H groups in total. The number of furan rings is 1. The lowest BCUT2D eigenvalue weighted by atomic mass is 10.2. The quantitative estimate of drug-likeness (QED) is 0.124. The Morgan fingerprint density at radius 2 is 1.84 bits per heavy atom. The van der Waals surface area contributed by atoms with E-state index in [1.54, 1.807) is 30.3 Å². The number of halogens is 2. The molecule has 0 spiro atoms. The molecule has 4 rings (SSSR count). The van der Waals surface area contributed by atoms with Crippen LogP contribution in [-0.2, 0) is 6.61 Å². The number of aromatic nitrogens is 1. The van der Waals surface area contributed by atoms with Crippen LogP contribution in [0.5, 0.6) is 11.5 Å². The van der Waals surface area contributed by atoms with Gasteiger partial charge in [-0.15, -0.1) is 0 Å². The smallest absolute Gasteiger partial charge is 0.307 e. The van der Waals surface area contributed by atoms with Crippen LogP contribution in [0.15, 0.2) is 87.3 Å². The van der Waals surface area contributed by atoms with Gasteiger partial charge in [0.15, 0.2) is 11.5 Å². The lowest BCUT2D eigenvalue weighted by Crippen LogP contribution is -2.16. The molecule has 37 heavy (non-hydrogen) atoms. The third kappa shape index (κ3) is 6.53. The molecule has 2 aromatic heterocycles. The van der Waals surface area contributed by atoms with E-state index in [9.17, 15) is 4.79 Å². The van der Waals surface area contributed by atoms with E-state index in [2.05, 4.69) is 63.6 Å². The summed E-state index contributed by atoms with van der Waals surface area (Å²) in [7, 11) is 0. The van der Waals surface area contributed by atoms with Gasteiger partial charge in [-0.3, -0.25) is 4.79 Å². The number of carbonyl (C=O) groups excluding carboxylic acids is 1. The van der Waals surface area contributed by atoms with Crippen molar-refractivity contribution in [3.63, 3.8) is 0 Å². The zero-order valence-corrected chi connectivity index (χ0v) is 22.7. The first kappa shape index (κ1) is 26.3. The molecular formula is C28H25BrClN3O4. The van der Waals surface area contributed by atoms with Crippen molar-refractivity contribution < 1.29 is 18.7 Å². The molecule has 0 saturated carbocycles. The summed E-state index contributed by atoms with van der Waals surface area (Å²) >= 11 is 9.68. The highest BCUT2D eigenvalue weighted by molar-refractivity contribution is 9.10. The van der Waals surface area contributed by atoms with Gasteiger partial charge in [0.25, 0.3) is 0 Å². The minimum atomic E-state index is -0.486. The van der Waals surface area contributed by atoms with Gasteiger partial charge in [0, 0.05) is 17.1 Å². The number of amides is 1. The second-order valence-electron chi connectivity index (χ2n) is 8.11. The first-order valence-electron chi connectivity index (χ1n) is 11.4. The molecule has 0 aliphatic heterocycles. The van der Waals surface area contributed by atoms with Crippen LogP contribution in [-0.4, -0.2) is 23.3 Å². The van der Waals surface area contributed by atoms with Crippen LogP contribution in [0.4, 0.5) is 0 Å². The van der Waals surface area contributed by atoms with Crippen LogP contribution in [0.1, 0.15) is 33.3 Å². The Kier molecular flexibility index (Phi) is 8.53. The van der Waals surface area contributed by atoms with Gasteiger partial charge in [-0.05, 0) is 96.0 Å². The van der Waals surface area contributed by atoms with Crippen molar-refractivity contribution in [2.45, 2.75) is 20.5 Å². The monoisotopic (exact) mass is 581 g/mol. The summed E-state index contributed by atoms with van der Waals surface area (Å²) in [5.41, 5.74) is 6.51. The Hall–Kier alpha value is -3.75. The first-order valence-corrected chi connectivity index (χ1v) is 12.6. The molecule has 0 fully saturated rings. The molecule has 0 aliphatic carbocycles. The van der Waals surface area contributed by atoms with Crippen LogP contribution < -0.4 is 14.9 Å². The largest absolute Gasteiger partial charge is 0.487 e. The number of ether oxygens (including phenoxy) is 2. The van der Waals surface area contributed by atoms with Crippen molar-refractivity contribution in [3.8, 4) is 17.2 Å². The van der Waals surface area contributed by atoms with Crippen molar-refractivity contribution in [2.75, 3.05) is 6.61 Å². The summed E-state index contributed by atoms with van der Waals surface area (Å²) in [5.74, 6) is 1.36. The number of nitrogens with zero attached hydrogens (tertiary/aromatic N) is 2. The molecule has 0 atom stereocenters. The molecule has 7 nitrogen and oxygen atoms in total. The lowest BCUT2D eigenvalue weighted by molar-refractivity contribution is 0.0923. The number of benzene rings is 2. The highest BCUT2D eigenvalue weighted by Gasteiger charge is 2.12. The average Bonchev–Trinajstić information content (AvgIpc) is 3.49. The van der Waals surface area contributed by atoms with Crippen LogP contribution in [0, 0.1) is 13.8 Å². The molecule has 0 unspecified atom stereocenters. The first-order chi connectivity index (χ1) is 17.9.